The van der Waals surface area contributed by atoms with Crippen molar-refractivity contribution in [1.29, 1.82) is 0 Å². The van der Waals surface area contributed by atoms with Crippen molar-refractivity contribution in [2.75, 3.05) is 6.61 Å². The first-order chi connectivity index (χ1) is 7.65. The van der Waals surface area contributed by atoms with E-state index in [1.807, 2.05) is 18.2 Å². The smallest absolute Gasteiger partial charge is 0.305 e. The number of alkyl halides is 1. The minimum absolute atomic E-state index is 0.148. The van der Waals surface area contributed by atoms with Gasteiger partial charge in [0, 0.05) is 6.42 Å². The van der Waals surface area contributed by atoms with E-state index in [1.54, 1.807) is 6.92 Å². The van der Waals surface area contributed by atoms with Gasteiger partial charge in [0.15, 0.2) is 0 Å². The third kappa shape index (κ3) is 3.97. The average molecular weight is 285 g/mol. The highest BCUT2D eigenvalue weighted by Gasteiger charge is 2.17. The third-order valence-electron chi connectivity index (χ3n) is 2.56. The van der Waals surface area contributed by atoms with Crippen molar-refractivity contribution in [2.24, 2.45) is 0 Å². The summed E-state index contributed by atoms with van der Waals surface area (Å²) in [5.41, 5.74) is 1.25. The van der Waals surface area contributed by atoms with Gasteiger partial charge in [-0.2, -0.15) is 0 Å². The van der Waals surface area contributed by atoms with Crippen LogP contribution in [0.3, 0.4) is 0 Å². The summed E-state index contributed by atoms with van der Waals surface area (Å²) in [5.74, 6) is 0.176. The molecular formula is C13H17BrO2. The van der Waals surface area contributed by atoms with Gasteiger partial charge in [-0.3, -0.25) is 4.79 Å². The standard InChI is InChI=1S/C13H17BrO2/c1-3-13(15)16-9-12(14)10(2)11-7-5-4-6-8-11/h4-8,10,12H,3,9H2,1-2H3. The predicted octanol–water partition coefficient (Wildman–Crippen LogP) is 3.51. The van der Waals surface area contributed by atoms with Gasteiger partial charge < -0.3 is 4.74 Å². The lowest BCUT2D eigenvalue weighted by molar-refractivity contribution is -0.143. The zero-order valence-electron chi connectivity index (χ0n) is 9.65. The molecule has 88 valence electrons. The summed E-state index contributed by atoms with van der Waals surface area (Å²) in [6, 6.07) is 10.2. The van der Waals surface area contributed by atoms with E-state index in [9.17, 15) is 4.79 Å². The number of halogens is 1. The van der Waals surface area contributed by atoms with Gasteiger partial charge >= 0.3 is 5.97 Å². The lowest BCUT2D eigenvalue weighted by atomic mass is 9.98. The van der Waals surface area contributed by atoms with Crippen LogP contribution in [0.15, 0.2) is 30.3 Å². The summed E-state index contributed by atoms with van der Waals surface area (Å²) in [5, 5.41) is 0. The van der Waals surface area contributed by atoms with Gasteiger partial charge in [0.25, 0.3) is 0 Å². The molecule has 0 fully saturated rings. The highest BCUT2D eigenvalue weighted by atomic mass is 79.9. The van der Waals surface area contributed by atoms with Crippen molar-refractivity contribution in [3.8, 4) is 0 Å². The topological polar surface area (TPSA) is 26.3 Å². The van der Waals surface area contributed by atoms with Crippen LogP contribution in [-0.2, 0) is 9.53 Å². The van der Waals surface area contributed by atoms with Crippen LogP contribution in [0.25, 0.3) is 0 Å². The first-order valence-electron chi connectivity index (χ1n) is 5.49. The monoisotopic (exact) mass is 284 g/mol. The van der Waals surface area contributed by atoms with Crippen LogP contribution in [-0.4, -0.2) is 17.4 Å². The lowest BCUT2D eigenvalue weighted by Crippen LogP contribution is -2.18. The van der Waals surface area contributed by atoms with Crippen molar-refractivity contribution >= 4 is 21.9 Å². The second kappa shape index (κ2) is 6.69. The van der Waals surface area contributed by atoms with Crippen LogP contribution in [0.5, 0.6) is 0 Å². The van der Waals surface area contributed by atoms with E-state index in [0.29, 0.717) is 18.9 Å². The maximum Gasteiger partial charge on any atom is 0.305 e. The van der Waals surface area contributed by atoms with Crippen LogP contribution in [0.1, 0.15) is 31.7 Å². The largest absolute Gasteiger partial charge is 0.464 e. The van der Waals surface area contributed by atoms with Crippen molar-refractivity contribution in [2.45, 2.75) is 31.0 Å². The van der Waals surface area contributed by atoms with E-state index < -0.39 is 0 Å². The fourth-order valence-electron chi connectivity index (χ4n) is 1.38. The summed E-state index contributed by atoms with van der Waals surface area (Å²) >= 11 is 3.56. The molecule has 2 atom stereocenters. The number of esters is 1. The molecule has 3 heteroatoms. The molecule has 0 aliphatic rings. The number of rotatable bonds is 5. The quantitative estimate of drug-likeness (QED) is 0.611. The Hall–Kier alpha value is -0.830. The summed E-state index contributed by atoms with van der Waals surface area (Å²) in [7, 11) is 0. The van der Waals surface area contributed by atoms with Gasteiger partial charge in [-0.05, 0) is 11.5 Å². The molecule has 1 rings (SSSR count). The molecule has 1 aromatic carbocycles. The van der Waals surface area contributed by atoms with Gasteiger partial charge in [0.1, 0.15) is 6.61 Å². The van der Waals surface area contributed by atoms with Crippen LogP contribution in [0.2, 0.25) is 0 Å². The Labute approximate surface area is 105 Å². The number of benzene rings is 1. The number of hydrogen-bond acceptors (Lipinski definition) is 2. The molecule has 0 bridgehead atoms. The second-order valence-corrected chi connectivity index (χ2v) is 4.93. The van der Waals surface area contributed by atoms with E-state index in [4.69, 9.17) is 4.74 Å². The molecule has 0 radical (unpaired) electrons. The Bertz CT molecular complexity index is 324. The van der Waals surface area contributed by atoms with Gasteiger partial charge in [-0.25, -0.2) is 0 Å². The van der Waals surface area contributed by atoms with E-state index in [0.717, 1.165) is 0 Å². The highest BCUT2D eigenvalue weighted by molar-refractivity contribution is 9.09. The lowest BCUT2D eigenvalue weighted by Gasteiger charge is -2.18. The Morgan fingerprint density at radius 2 is 2.00 bits per heavy atom. The van der Waals surface area contributed by atoms with Crippen molar-refractivity contribution in [1.82, 2.24) is 0 Å². The Kier molecular flexibility index (Phi) is 5.53. The van der Waals surface area contributed by atoms with E-state index >= 15 is 0 Å². The van der Waals surface area contributed by atoms with Crippen LogP contribution in [0.4, 0.5) is 0 Å². The van der Waals surface area contributed by atoms with E-state index in [-0.39, 0.29) is 10.8 Å². The molecule has 0 N–H and O–H groups in total. The predicted molar refractivity (Wildman–Crippen MR) is 68.8 cm³/mol. The summed E-state index contributed by atoms with van der Waals surface area (Å²) < 4.78 is 5.11. The summed E-state index contributed by atoms with van der Waals surface area (Å²) in [4.78, 5) is 11.2. The van der Waals surface area contributed by atoms with Crippen molar-refractivity contribution in [3.63, 3.8) is 0 Å². The molecule has 2 nitrogen and oxygen atoms in total. The van der Waals surface area contributed by atoms with Crippen LogP contribution in [0, 0.1) is 0 Å². The Morgan fingerprint density at radius 3 is 2.56 bits per heavy atom. The minimum Gasteiger partial charge on any atom is -0.464 e. The first-order valence-corrected chi connectivity index (χ1v) is 6.41. The molecule has 0 aliphatic carbocycles. The van der Waals surface area contributed by atoms with Gasteiger partial charge in [-0.15, -0.1) is 0 Å². The molecule has 16 heavy (non-hydrogen) atoms. The van der Waals surface area contributed by atoms with Gasteiger partial charge in [0.2, 0.25) is 0 Å². The molecule has 0 saturated heterocycles. The average Bonchev–Trinajstić information content (AvgIpc) is 2.35. The molecular weight excluding hydrogens is 268 g/mol. The zero-order chi connectivity index (χ0) is 12.0. The second-order valence-electron chi connectivity index (χ2n) is 3.75. The molecule has 0 spiro atoms. The molecule has 0 heterocycles. The zero-order valence-corrected chi connectivity index (χ0v) is 11.2. The third-order valence-corrected chi connectivity index (χ3v) is 3.62. The minimum atomic E-state index is -0.148. The van der Waals surface area contributed by atoms with E-state index in [1.165, 1.54) is 5.56 Å². The SMILES string of the molecule is CCC(=O)OCC(Br)C(C)c1ccccc1. The fourth-order valence-corrected chi connectivity index (χ4v) is 1.82. The molecule has 2 unspecified atom stereocenters. The Balaban J connectivity index is 2.48. The number of carbonyl (C=O) groups is 1. The number of ether oxygens (including phenoxy) is 1. The normalized spacial score (nSPS) is 14.2. The van der Waals surface area contributed by atoms with Crippen LogP contribution >= 0.6 is 15.9 Å². The number of carbonyl (C=O) groups excluding carboxylic acids is 1. The highest BCUT2D eigenvalue weighted by Crippen LogP contribution is 2.24. The summed E-state index contributed by atoms with van der Waals surface area (Å²) in [6.07, 6.45) is 0.430. The molecule has 0 aliphatic heterocycles. The fraction of sp³-hybridized carbons (Fsp3) is 0.462. The Morgan fingerprint density at radius 1 is 1.38 bits per heavy atom. The van der Waals surface area contributed by atoms with Crippen molar-refractivity contribution < 1.29 is 9.53 Å². The number of hydrogen-bond donors (Lipinski definition) is 0. The summed E-state index contributed by atoms with van der Waals surface area (Å²) in [6.45, 7) is 4.34. The van der Waals surface area contributed by atoms with Gasteiger partial charge in [0.05, 0.1) is 4.83 Å². The molecule has 0 amide bonds. The van der Waals surface area contributed by atoms with Crippen molar-refractivity contribution in [3.05, 3.63) is 35.9 Å². The maximum atomic E-state index is 11.0. The molecule has 0 saturated carbocycles. The first kappa shape index (κ1) is 13.2. The van der Waals surface area contributed by atoms with Gasteiger partial charge in [-0.1, -0.05) is 60.1 Å². The molecule has 1 aromatic rings. The van der Waals surface area contributed by atoms with E-state index in [2.05, 4.69) is 35.0 Å². The molecule has 0 aromatic heterocycles. The van der Waals surface area contributed by atoms with Crippen LogP contribution < -0.4 is 0 Å². The maximum absolute atomic E-state index is 11.0.